The number of aliphatic hydroxyl groups is 1. The second-order valence-corrected chi connectivity index (χ2v) is 5.53. The molecule has 2 aromatic carbocycles. The fraction of sp³-hybridized carbons (Fsp3) is 0.200. The summed E-state index contributed by atoms with van der Waals surface area (Å²) in [6.07, 6.45) is 0. The SMILES string of the molecule is Cc1cccc(CSc2ccc([N+](=O)[O-])c(CO)c2)c1. The van der Waals surface area contributed by atoms with Crippen LogP contribution in [0.2, 0.25) is 0 Å². The summed E-state index contributed by atoms with van der Waals surface area (Å²) >= 11 is 1.60. The highest BCUT2D eigenvalue weighted by Crippen LogP contribution is 2.28. The number of aryl methyl sites for hydroxylation is 1. The van der Waals surface area contributed by atoms with E-state index in [2.05, 4.69) is 12.1 Å². The number of aliphatic hydroxyl groups excluding tert-OH is 1. The first-order valence-corrected chi connectivity index (χ1v) is 7.15. The standard InChI is InChI=1S/C15H15NO3S/c1-11-3-2-4-12(7-11)10-20-14-5-6-15(16(18)19)13(8-14)9-17/h2-8,17H,9-10H2,1H3. The van der Waals surface area contributed by atoms with Crippen LogP contribution in [0.4, 0.5) is 5.69 Å². The van der Waals surface area contributed by atoms with Crippen LogP contribution in [0.15, 0.2) is 47.4 Å². The smallest absolute Gasteiger partial charge is 0.274 e. The molecule has 2 rings (SSSR count). The molecule has 5 heteroatoms. The van der Waals surface area contributed by atoms with Crippen molar-refractivity contribution in [2.75, 3.05) is 0 Å². The molecule has 0 unspecified atom stereocenters. The second kappa shape index (κ2) is 6.54. The second-order valence-electron chi connectivity index (χ2n) is 4.48. The Morgan fingerprint density at radius 1 is 1.25 bits per heavy atom. The van der Waals surface area contributed by atoms with Crippen molar-refractivity contribution >= 4 is 17.4 Å². The molecule has 0 aliphatic rings. The van der Waals surface area contributed by atoms with E-state index < -0.39 is 4.92 Å². The van der Waals surface area contributed by atoms with Gasteiger partial charge >= 0.3 is 0 Å². The van der Waals surface area contributed by atoms with Gasteiger partial charge in [0.25, 0.3) is 5.69 Å². The number of benzene rings is 2. The van der Waals surface area contributed by atoms with E-state index >= 15 is 0 Å². The van der Waals surface area contributed by atoms with Crippen LogP contribution in [-0.4, -0.2) is 10.0 Å². The normalized spacial score (nSPS) is 10.5. The van der Waals surface area contributed by atoms with E-state index in [1.807, 2.05) is 19.1 Å². The Morgan fingerprint density at radius 2 is 2.05 bits per heavy atom. The number of nitro benzene ring substituents is 1. The third-order valence-corrected chi connectivity index (χ3v) is 3.97. The van der Waals surface area contributed by atoms with Crippen LogP contribution in [0.5, 0.6) is 0 Å². The summed E-state index contributed by atoms with van der Waals surface area (Å²) in [5, 5.41) is 20.0. The summed E-state index contributed by atoms with van der Waals surface area (Å²) in [5.41, 5.74) is 2.73. The van der Waals surface area contributed by atoms with Crippen molar-refractivity contribution in [3.8, 4) is 0 Å². The average Bonchev–Trinajstić information content (AvgIpc) is 2.44. The first-order chi connectivity index (χ1) is 9.60. The first kappa shape index (κ1) is 14.6. The predicted molar refractivity (Wildman–Crippen MR) is 79.8 cm³/mol. The highest BCUT2D eigenvalue weighted by molar-refractivity contribution is 7.98. The number of nitrogens with zero attached hydrogens (tertiary/aromatic N) is 1. The fourth-order valence-corrected chi connectivity index (χ4v) is 2.83. The van der Waals surface area contributed by atoms with Gasteiger partial charge in [-0.05, 0) is 24.6 Å². The van der Waals surface area contributed by atoms with E-state index in [4.69, 9.17) is 0 Å². The molecule has 0 saturated carbocycles. The molecule has 0 spiro atoms. The average molecular weight is 289 g/mol. The molecule has 0 aromatic heterocycles. The van der Waals surface area contributed by atoms with Gasteiger partial charge in [-0.1, -0.05) is 29.8 Å². The van der Waals surface area contributed by atoms with Crippen LogP contribution >= 0.6 is 11.8 Å². The minimum Gasteiger partial charge on any atom is -0.391 e. The van der Waals surface area contributed by atoms with Crippen molar-refractivity contribution in [3.63, 3.8) is 0 Å². The molecule has 0 radical (unpaired) electrons. The maximum Gasteiger partial charge on any atom is 0.274 e. The third kappa shape index (κ3) is 3.59. The topological polar surface area (TPSA) is 63.4 Å². The molecule has 1 N–H and O–H groups in total. The third-order valence-electron chi connectivity index (χ3n) is 2.91. The Morgan fingerprint density at radius 3 is 2.70 bits per heavy atom. The Bertz CT molecular complexity index is 628. The summed E-state index contributed by atoms with van der Waals surface area (Å²) in [4.78, 5) is 11.2. The van der Waals surface area contributed by atoms with E-state index in [0.717, 1.165) is 10.6 Å². The Balaban J connectivity index is 2.12. The molecule has 0 atom stereocenters. The van der Waals surface area contributed by atoms with Crippen LogP contribution in [-0.2, 0) is 12.4 Å². The Hall–Kier alpha value is -1.85. The van der Waals surface area contributed by atoms with Crippen molar-refractivity contribution in [1.29, 1.82) is 0 Å². The number of hydrogen-bond donors (Lipinski definition) is 1. The van der Waals surface area contributed by atoms with Gasteiger partial charge in [-0.2, -0.15) is 0 Å². The molecule has 0 saturated heterocycles. The molecule has 0 heterocycles. The minimum absolute atomic E-state index is 0.0348. The van der Waals surface area contributed by atoms with Gasteiger partial charge < -0.3 is 5.11 Å². The molecule has 0 amide bonds. The van der Waals surface area contributed by atoms with Crippen molar-refractivity contribution in [1.82, 2.24) is 0 Å². The Labute approximate surface area is 121 Å². The van der Waals surface area contributed by atoms with Crippen LogP contribution in [0.25, 0.3) is 0 Å². The molecule has 104 valence electrons. The molecule has 20 heavy (non-hydrogen) atoms. The number of thioether (sulfide) groups is 1. The van der Waals surface area contributed by atoms with E-state index in [1.165, 1.54) is 17.2 Å². The van der Waals surface area contributed by atoms with E-state index in [0.29, 0.717) is 5.56 Å². The summed E-state index contributed by atoms with van der Waals surface area (Å²) in [6, 6.07) is 13.1. The van der Waals surface area contributed by atoms with Crippen molar-refractivity contribution < 1.29 is 10.0 Å². The van der Waals surface area contributed by atoms with Crippen LogP contribution in [0, 0.1) is 17.0 Å². The van der Waals surface area contributed by atoms with Crippen molar-refractivity contribution in [2.45, 2.75) is 24.2 Å². The molecule has 0 aliphatic carbocycles. The van der Waals surface area contributed by atoms with Gasteiger partial charge in [0.2, 0.25) is 0 Å². The molecular weight excluding hydrogens is 274 g/mol. The zero-order valence-corrected chi connectivity index (χ0v) is 11.9. The van der Waals surface area contributed by atoms with Gasteiger partial charge in [-0.25, -0.2) is 0 Å². The highest BCUT2D eigenvalue weighted by Gasteiger charge is 2.13. The van der Waals surface area contributed by atoms with Gasteiger partial charge in [0.15, 0.2) is 0 Å². The monoisotopic (exact) mass is 289 g/mol. The fourth-order valence-electron chi connectivity index (χ4n) is 1.93. The maximum atomic E-state index is 10.8. The van der Waals surface area contributed by atoms with Gasteiger partial charge in [0, 0.05) is 16.7 Å². The lowest BCUT2D eigenvalue weighted by molar-refractivity contribution is -0.385. The van der Waals surface area contributed by atoms with Crippen LogP contribution in [0.3, 0.4) is 0 Å². The number of rotatable bonds is 5. The summed E-state index contributed by atoms with van der Waals surface area (Å²) in [5.74, 6) is 0.796. The minimum atomic E-state index is -0.472. The molecule has 0 bridgehead atoms. The van der Waals surface area contributed by atoms with Gasteiger partial charge in [0.05, 0.1) is 17.1 Å². The van der Waals surface area contributed by atoms with Gasteiger partial charge in [-0.15, -0.1) is 11.8 Å². The summed E-state index contributed by atoms with van der Waals surface area (Å²) in [7, 11) is 0. The van der Waals surface area contributed by atoms with E-state index in [-0.39, 0.29) is 12.3 Å². The van der Waals surface area contributed by atoms with Crippen LogP contribution < -0.4 is 0 Å². The maximum absolute atomic E-state index is 10.8. The van der Waals surface area contributed by atoms with E-state index in [1.54, 1.807) is 23.9 Å². The summed E-state index contributed by atoms with van der Waals surface area (Å²) < 4.78 is 0. The van der Waals surface area contributed by atoms with Crippen molar-refractivity contribution in [3.05, 3.63) is 69.3 Å². The Kier molecular flexibility index (Phi) is 4.76. The number of hydrogen-bond acceptors (Lipinski definition) is 4. The lowest BCUT2D eigenvalue weighted by Gasteiger charge is -2.05. The lowest BCUT2D eigenvalue weighted by atomic mass is 10.2. The largest absolute Gasteiger partial charge is 0.391 e. The molecule has 2 aromatic rings. The molecule has 0 fully saturated rings. The molecular formula is C15H15NO3S. The molecule has 4 nitrogen and oxygen atoms in total. The number of nitro groups is 1. The van der Waals surface area contributed by atoms with Crippen LogP contribution in [0.1, 0.15) is 16.7 Å². The zero-order valence-electron chi connectivity index (χ0n) is 11.1. The first-order valence-electron chi connectivity index (χ1n) is 6.16. The lowest BCUT2D eigenvalue weighted by Crippen LogP contribution is -1.95. The highest BCUT2D eigenvalue weighted by atomic mass is 32.2. The molecule has 0 aliphatic heterocycles. The summed E-state index contributed by atoms with van der Waals surface area (Å²) in [6.45, 7) is 1.72. The predicted octanol–water partition coefficient (Wildman–Crippen LogP) is 3.69. The van der Waals surface area contributed by atoms with Gasteiger partial charge in [-0.3, -0.25) is 10.1 Å². The van der Waals surface area contributed by atoms with E-state index in [9.17, 15) is 15.2 Å². The van der Waals surface area contributed by atoms with Crippen molar-refractivity contribution in [2.24, 2.45) is 0 Å². The quantitative estimate of drug-likeness (QED) is 0.518. The van der Waals surface area contributed by atoms with Gasteiger partial charge in [0.1, 0.15) is 0 Å². The zero-order chi connectivity index (χ0) is 14.5.